The number of rotatable bonds is 6. The summed E-state index contributed by atoms with van der Waals surface area (Å²) in [6.07, 6.45) is 0.848. The fraction of sp³-hybridized carbons (Fsp3) is 0.150. The second kappa shape index (κ2) is 8.03. The number of ether oxygens (including phenoxy) is 1. The van der Waals surface area contributed by atoms with Crippen molar-refractivity contribution in [2.75, 3.05) is 5.32 Å². The first-order valence-electron chi connectivity index (χ1n) is 8.02. The molecule has 1 heterocycles. The number of carbonyl (C=O) groups is 1. The van der Waals surface area contributed by atoms with E-state index in [4.69, 9.17) is 9.15 Å². The number of furan rings is 1. The molecule has 1 N–H and O–H groups in total. The Morgan fingerprint density at radius 2 is 1.84 bits per heavy atom. The quantitative estimate of drug-likeness (QED) is 0.600. The maximum absolute atomic E-state index is 12.4. The molecule has 128 valence electrons. The van der Waals surface area contributed by atoms with Gasteiger partial charge in [-0.3, -0.25) is 4.79 Å². The van der Waals surface area contributed by atoms with E-state index in [1.54, 1.807) is 12.1 Å². The highest BCUT2D eigenvalue weighted by molar-refractivity contribution is 9.10. The van der Waals surface area contributed by atoms with E-state index in [9.17, 15) is 4.79 Å². The Balaban J connectivity index is 1.62. The topological polar surface area (TPSA) is 51.5 Å². The first-order valence-corrected chi connectivity index (χ1v) is 8.81. The number of carbonyl (C=O) groups excluding carboxylic acids is 1. The zero-order valence-corrected chi connectivity index (χ0v) is 15.4. The highest BCUT2D eigenvalue weighted by Gasteiger charge is 2.13. The van der Waals surface area contributed by atoms with Crippen LogP contribution in [-0.4, -0.2) is 5.91 Å². The lowest BCUT2D eigenvalue weighted by atomic mass is 10.1. The van der Waals surface area contributed by atoms with Crippen molar-refractivity contribution in [1.29, 1.82) is 0 Å². The van der Waals surface area contributed by atoms with Crippen LogP contribution in [0.4, 0.5) is 5.69 Å². The molecule has 0 fully saturated rings. The number of hydrogen-bond acceptors (Lipinski definition) is 3. The summed E-state index contributed by atoms with van der Waals surface area (Å²) in [5.41, 5.74) is 1.89. The normalized spacial score (nSPS) is 10.5. The van der Waals surface area contributed by atoms with Gasteiger partial charge in [-0.2, -0.15) is 0 Å². The third-order valence-electron chi connectivity index (χ3n) is 3.73. The summed E-state index contributed by atoms with van der Waals surface area (Å²) in [5.74, 6) is 1.33. The highest BCUT2D eigenvalue weighted by Crippen LogP contribution is 2.20. The van der Waals surface area contributed by atoms with Gasteiger partial charge in [-0.15, -0.1) is 0 Å². The Bertz CT molecular complexity index is 855. The summed E-state index contributed by atoms with van der Waals surface area (Å²) in [6.45, 7) is 2.32. The number of aryl methyl sites for hydroxylation is 1. The van der Waals surface area contributed by atoms with E-state index in [-0.39, 0.29) is 18.3 Å². The fourth-order valence-electron chi connectivity index (χ4n) is 2.40. The maximum Gasteiger partial charge on any atom is 0.291 e. The van der Waals surface area contributed by atoms with Gasteiger partial charge in [0.25, 0.3) is 5.91 Å². The van der Waals surface area contributed by atoms with Crippen LogP contribution in [0.5, 0.6) is 5.75 Å². The average molecular weight is 400 g/mol. The van der Waals surface area contributed by atoms with Crippen LogP contribution in [0.1, 0.15) is 28.8 Å². The van der Waals surface area contributed by atoms with E-state index in [1.807, 2.05) is 48.5 Å². The molecule has 1 amide bonds. The number of amides is 1. The SMILES string of the molecule is CCc1ccccc1NC(=O)c1ccc(COc2ccc(Br)cc2)o1. The van der Waals surface area contributed by atoms with Gasteiger partial charge in [0, 0.05) is 10.2 Å². The van der Waals surface area contributed by atoms with Crippen LogP contribution in [0.3, 0.4) is 0 Å². The van der Waals surface area contributed by atoms with Crippen molar-refractivity contribution < 1.29 is 13.9 Å². The lowest BCUT2D eigenvalue weighted by Gasteiger charge is -2.08. The van der Waals surface area contributed by atoms with Crippen molar-refractivity contribution >= 4 is 27.5 Å². The fourth-order valence-corrected chi connectivity index (χ4v) is 2.66. The largest absolute Gasteiger partial charge is 0.486 e. The zero-order valence-electron chi connectivity index (χ0n) is 13.8. The van der Waals surface area contributed by atoms with Gasteiger partial charge in [-0.1, -0.05) is 41.1 Å². The van der Waals surface area contributed by atoms with Crippen LogP contribution in [0.2, 0.25) is 0 Å². The average Bonchev–Trinajstić information content (AvgIpc) is 3.11. The molecule has 5 heteroatoms. The predicted molar refractivity (Wildman–Crippen MR) is 101 cm³/mol. The van der Waals surface area contributed by atoms with E-state index in [1.165, 1.54) is 0 Å². The van der Waals surface area contributed by atoms with Crippen molar-refractivity contribution in [3.8, 4) is 5.75 Å². The Hall–Kier alpha value is -2.53. The molecule has 0 aliphatic carbocycles. The van der Waals surface area contributed by atoms with Crippen molar-refractivity contribution in [1.82, 2.24) is 0 Å². The van der Waals surface area contributed by atoms with Gasteiger partial charge in [-0.05, 0) is 54.4 Å². The van der Waals surface area contributed by atoms with Crippen LogP contribution in [-0.2, 0) is 13.0 Å². The summed E-state index contributed by atoms with van der Waals surface area (Å²) >= 11 is 3.38. The third-order valence-corrected chi connectivity index (χ3v) is 4.26. The summed E-state index contributed by atoms with van der Waals surface area (Å²) in [7, 11) is 0. The number of halogens is 1. The summed E-state index contributed by atoms with van der Waals surface area (Å²) in [5, 5.41) is 2.89. The van der Waals surface area contributed by atoms with Gasteiger partial charge in [0.1, 0.15) is 18.1 Å². The van der Waals surface area contributed by atoms with E-state index in [0.717, 1.165) is 27.9 Å². The molecule has 2 aromatic carbocycles. The number of para-hydroxylation sites is 1. The van der Waals surface area contributed by atoms with Gasteiger partial charge < -0.3 is 14.5 Å². The van der Waals surface area contributed by atoms with Crippen LogP contribution in [0, 0.1) is 0 Å². The van der Waals surface area contributed by atoms with Crippen molar-refractivity contribution in [3.05, 3.63) is 82.2 Å². The lowest BCUT2D eigenvalue weighted by molar-refractivity contribution is 0.0992. The molecule has 4 nitrogen and oxygen atoms in total. The van der Waals surface area contributed by atoms with Gasteiger partial charge in [0.2, 0.25) is 0 Å². The summed E-state index contributed by atoms with van der Waals surface area (Å²) in [4.78, 5) is 12.4. The molecule has 0 spiro atoms. The van der Waals surface area contributed by atoms with E-state index < -0.39 is 0 Å². The van der Waals surface area contributed by atoms with Crippen molar-refractivity contribution in [2.24, 2.45) is 0 Å². The van der Waals surface area contributed by atoms with Crippen LogP contribution in [0.15, 0.2) is 69.6 Å². The molecule has 25 heavy (non-hydrogen) atoms. The van der Waals surface area contributed by atoms with Gasteiger partial charge >= 0.3 is 0 Å². The number of benzene rings is 2. The molecule has 0 saturated carbocycles. The van der Waals surface area contributed by atoms with Crippen LogP contribution < -0.4 is 10.1 Å². The molecule has 0 bridgehead atoms. The molecule has 0 aliphatic heterocycles. The Morgan fingerprint density at radius 3 is 2.60 bits per heavy atom. The highest BCUT2D eigenvalue weighted by atomic mass is 79.9. The predicted octanol–water partition coefficient (Wildman–Crippen LogP) is 5.44. The Labute approximate surface area is 154 Å². The van der Waals surface area contributed by atoms with Crippen molar-refractivity contribution in [2.45, 2.75) is 20.0 Å². The molecule has 1 aromatic heterocycles. The van der Waals surface area contributed by atoms with Crippen LogP contribution >= 0.6 is 15.9 Å². The van der Waals surface area contributed by atoms with E-state index >= 15 is 0 Å². The van der Waals surface area contributed by atoms with Gasteiger partial charge in [0.15, 0.2) is 5.76 Å². The summed E-state index contributed by atoms with van der Waals surface area (Å²) < 4.78 is 12.2. The zero-order chi connectivity index (χ0) is 17.6. The molecule has 0 atom stereocenters. The number of anilines is 1. The van der Waals surface area contributed by atoms with Gasteiger partial charge in [0.05, 0.1) is 0 Å². The Morgan fingerprint density at radius 1 is 1.08 bits per heavy atom. The smallest absolute Gasteiger partial charge is 0.291 e. The summed E-state index contributed by atoms with van der Waals surface area (Å²) in [6, 6.07) is 18.7. The molecule has 0 unspecified atom stereocenters. The minimum Gasteiger partial charge on any atom is -0.486 e. The van der Waals surface area contributed by atoms with E-state index in [0.29, 0.717) is 5.76 Å². The molecule has 0 aliphatic rings. The monoisotopic (exact) mass is 399 g/mol. The van der Waals surface area contributed by atoms with E-state index in [2.05, 4.69) is 28.2 Å². The maximum atomic E-state index is 12.4. The molecule has 0 saturated heterocycles. The second-order valence-corrected chi connectivity index (χ2v) is 6.39. The first-order chi connectivity index (χ1) is 12.2. The molecular weight excluding hydrogens is 382 g/mol. The second-order valence-electron chi connectivity index (χ2n) is 5.47. The van der Waals surface area contributed by atoms with Gasteiger partial charge in [-0.25, -0.2) is 0 Å². The molecule has 3 aromatic rings. The standard InChI is InChI=1S/C20H18BrNO3/c1-2-14-5-3-4-6-18(14)22-20(23)19-12-11-17(25-19)13-24-16-9-7-15(21)8-10-16/h3-12H,2,13H2,1H3,(H,22,23). The lowest BCUT2D eigenvalue weighted by Crippen LogP contribution is -2.12. The Kier molecular flexibility index (Phi) is 5.56. The minimum atomic E-state index is -0.268. The molecular formula is C20H18BrNO3. The van der Waals surface area contributed by atoms with Crippen molar-refractivity contribution in [3.63, 3.8) is 0 Å². The number of nitrogens with one attached hydrogen (secondary N) is 1. The third kappa shape index (κ3) is 4.51. The molecule has 0 radical (unpaired) electrons. The molecule has 3 rings (SSSR count). The minimum absolute atomic E-state index is 0.264. The number of hydrogen-bond donors (Lipinski definition) is 1. The van der Waals surface area contributed by atoms with Crippen LogP contribution in [0.25, 0.3) is 0 Å². The first kappa shape index (κ1) is 17.3.